The third-order valence-electron chi connectivity index (χ3n) is 2.49. The zero-order chi connectivity index (χ0) is 10.7. The van der Waals surface area contributed by atoms with Gasteiger partial charge in [0.2, 0.25) is 0 Å². The van der Waals surface area contributed by atoms with Crippen LogP contribution >= 0.6 is 18.5 Å². The Kier molecular flexibility index (Phi) is 3.52. The van der Waals surface area contributed by atoms with E-state index < -0.39 is 0 Å². The van der Waals surface area contributed by atoms with Crippen molar-refractivity contribution in [2.45, 2.75) is 6.16 Å². The van der Waals surface area contributed by atoms with E-state index in [9.17, 15) is 0 Å². The lowest BCUT2D eigenvalue weighted by Gasteiger charge is -2.09. The average Bonchev–Trinajstić information content (AvgIpc) is 2.30. The van der Waals surface area contributed by atoms with Crippen LogP contribution in [0.4, 0.5) is 0 Å². The first-order valence-corrected chi connectivity index (χ1v) is 6.35. The van der Waals surface area contributed by atoms with Gasteiger partial charge in [-0.1, -0.05) is 48.5 Å². The molecule has 0 aliphatic heterocycles. The summed E-state index contributed by atoms with van der Waals surface area (Å²) in [4.78, 5) is 0. The molecule has 15 heavy (non-hydrogen) atoms. The van der Waals surface area contributed by atoms with Gasteiger partial charge in [0, 0.05) is 0 Å². The van der Waals surface area contributed by atoms with E-state index in [0.29, 0.717) is 0 Å². The zero-order valence-electron chi connectivity index (χ0n) is 8.48. The SMILES string of the molecule is PCc1ccccc1-c1ccccc1P. The van der Waals surface area contributed by atoms with E-state index in [0.717, 1.165) is 6.16 Å². The molecule has 0 N–H and O–H groups in total. The molecule has 2 rings (SSSR count). The first-order chi connectivity index (χ1) is 7.33. The Morgan fingerprint density at radius 1 is 0.800 bits per heavy atom. The topological polar surface area (TPSA) is 0 Å². The second kappa shape index (κ2) is 4.88. The molecular formula is C13H14P2. The lowest BCUT2D eigenvalue weighted by Crippen LogP contribution is -1.97. The van der Waals surface area contributed by atoms with Crippen LogP contribution in [-0.4, -0.2) is 0 Å². The van der Waals surface area contributed by atoms with Gasteiger partial charge in [-0.3, -0.25) is 0 Å². The molecule has 0 aliphatic rings. The molecule has 0 bridgehead atoms. The minimum atomic E-state index is 0.995. The normalized spacial score (nSPS) is 10.3. The monoisotopic (exact) mass is 232 g/mol. The fourth-order valence-electron chi connectivity index (χ4n) is 1.70. The minimum absolute atomic E-state index is 0.995. The summed E-state index contributed by atoms with van der Waals surface area (Å²) in [5.41, 5.74) is 4.01. The quantitative estimate of drug-likeness (QED) is 0.697. The van der Waals surface area contributed by atoms with Gasteiger partial charge >= 0.3 is 0 Å². The zero-order valence-corrected chi connectivity index (χ0v) is 10.8. The summed E-state index contributed by atoms with van der Waals surface area (Å²) in [6.45, 7) is 0. The van der Waals surface area contributed by atoms with Crippen LogP contribution in [0.1, 0.15) is 5.56 Å². The Bertz CT molecular complexity index is 464. The van der Waals surface area contributed by atoms with Gasteiger partial charge in [-0.15, -0.1) is 18.5 Å². The summed E-state index contributed by atoms with van der Waals surface area (Å²) in [6, 6.07) is 17.0. The highest BCUT2D eigenvalue weighted by Gasteiger charge is 2.04. The molecule has 76 valence electrons. The van der Waals surface area contributed by atoms with E-state index in [1.807, 2.05) is 0 Å². The van der Waals surface area contributed by atoms with Gasteiger partial charge in [0.1, 0.15) is 0 Å². The summed E-state index contributed by atoms with van der Waals surface area (Å²) in [5, 5.41) is 1.25. The molecule has 0 nitrogen and oxygen atoms in total. The molecule has 0 aliphatic carbocycles. The molecule has 2 heteroatoms. The van der Waals surface area contributed by atoms with E-state index in [1.165, 1.54) is 22.0 Å². The van der Waals surface area contributed by atoms with Crippen LogP contribution in [-0.2, 0) is 6.16 Å². The predicted octanol–water partition coefficient (Wildman–Crippen LogP) is 3.23. The van der Waals surface area contributed by atoms with E-state index in [4.69, 9.17) is 0 Å². The van der Waals surface area contributed by atoms with Crippen molar-refractivity contribution in [3.8, 4) is 11.1 Å². The fraction of sp³-hybridized carbons (Fsp3) is 0.0769. The summed E-state index contributed by atoms with van der Waals surface area (Å²) in [5.74, 6) is 0. The molecule has 2 aromatic carbocycles. The highest BCUT2D eigenvalue weighted by molar-refractivity contribution is 7.28. The lowest BCUT2D eigenvalue weighted by atomic mass is 10.0. The third kappa shape index (κ3) is 2.28. The predicted molar refractivity (Wildman–Crippen MR) is 74.6 cm³/mol. The van der Waals surface area contributed by atoms with E-state index in [1.54, 1.807) is 0 Å². The van der Waals surface area contributed by atoms with Crippen molar-refractivity contribution < 1.29 is 0 Å². The summed E-state index contributed by atoms with van der Waals surface area (Å²) >= 11 is 0. The van der Waals surface area contributed by atoms with Crippen LogP contribution in [0.5, 0.6) is 0 Å². The molecule has 0 fully saturated rings. The van der Waals surface area contributed by atoms with Crippen LogP contribution < -0.4 is 5.30 Å². The van der Waals surface area contributed by atoms with Gasteiger partial charge in [0.15, 0.2) is 0 Å². The van der Waals surface area contributed by atoms with E-state index in [-0.39, 0.29) is 0 Å². The van der Waals surface area contributed by atoms with Gasteiger partial charge in [-0.25, -0.2) is 0 Å². The van der Waals surface area contributed by atoms with Crippen molar-refractivity contribution >= 4 is 23.8 Å². The molecule has 2 unspecified atom stereocenters. The Balaban J connectivity index is 2.59. The maximum absolute atomic E-state index is 2.80. The first kappa shape index (κ1) is 10.8. The molecule has 2 aromatic rings. The van der Waals surface area contributed by atoms with Gasteiger partial charge in [-0.05, 0) is 28.2 Å². The molecule has 0 aromatic heterocycles. The number of benzene rings is 2. The first-order valence-electron chi connectivity index (χ1n) is 4.96. The van der Waals surface area contributed by atoms with Crippen molar-refractivity contribution in [3.63, 3.8) is 0 Å². The molecule has 0 amide bonds. The molecule has 0 saturated carbocycles. The molecule has 0 spiro atoms. The minimum Gasteiger partial charge on any atom is -0.133 e. The fourth-order valence-corrected chi connectivity index (χ4v) is 2.42. The maximum atomic E-state index is 2.80. The van der Waals surface area contributed by atoms with Crippen molar-refractivity contribution in [1.29, 1.82) is 0 Å². The van der Waals surface area contributed by atoms with Crippen molar-refractivity contribution in [3.05, 3.63) is 54.1 Å². The Hall–Kier alpha value is -0.700. The van der Waals surface area contributed by atoms with Gasteiger partial charge in [0.25, 0.3) is 0 Å². The van der Waals surface area contributed by atoms with E-state index >= 15 is 0 Å². The van der Waals surface area contributed by atoms with Crippen molar-refractivity contribution in [1.82, 2.24) is 0 Å². The van der Waals surface area contributed by atoms with Gasteiger partial charge in [0.05, 0.1) is 0 Å². The van der Waals surface area contributed by atoms with Crippen molar-refractivity contribution in [2.75, 3.05) is 0 Å². The van der Waals surface area contributed by atoms with Crippen LogP contribution in [0.15, 0.2) is 48.5 Å². The Morgan fingerprint density at radius 2 is 1.40 bits per heavy atom. The summed E-state index contributed by atoms with van der Waals surface area (Å²) in [7, 11) is 5.58. The average molecular weight is 232 g/mol. The second-order valence-electron chi connectivity index (χ2n) is 3.45. The standard InChI is InChI=1S/C13H14P2/c14-9-10-5-1-2-6-11(10)12-7-3-4-8-13(12)15/h1-8H,9,14-15H2. The third-order valence-corrected chi connectivity index (χ3v) is 3.43. The Morgan fingerprint density at radius 3 is 2.07 bits per heavy atom. The molecule has 0 heterocycles. The largest absolute Gasteiger partial charge is 0.133 e. The Labute approximate surface area is 95.5 Å². The van der Waals surface area contributed by atoms with Crippen LogP contribution in [0.2, 0.25) is 0 Å². The van der Waals surface area contributed by atoms with Gasteiger partial charge in [-0.2, -0.15) is 0 Å². The van der Waals surface area contributed by atoms with Crippen LogP contribution in [0.3, 0.4) is 0 Å². The van der Waals surface area contributed by atoms with Crippen LogP contribution in [0, 0.1) is 0 Å². The highest BCUT2D eigenvalue weighted by Crippen LogP contribution is 2.24. The van der Waals surface area contributed by atoms with Gasteiger partial charge < -0.3 is 0 Å². The molecule has 0 saturated heterocycles. The number of hydrogen-bond donors (Lipinski definition) is 0. The van der Waals surface area contributed by atoms with Crippen molar-refractivity contribution in [2.24, 2.45) is 0 Å². The maximum Gasteiger partial charge on any atom is -0.0109 e. The molecular weight excluding hydrogens is 218 g/mol. The lowest BCUT2D eigenvalue weighted by molar-refractivity contribution is 1.42. The molecule has 0 radical (unpaired) electrons. The number of hydrogen-bond acceptors (Lipinski definition) is 0. The second-order valence-corrected chi connectivity index (χ2v) is 4.48. The number of rotatable bonds is 2. The molecule has 2 atom stereocenters. The van der Waals surface area contributed by atoms with E-state index in [2.05, 4.69) is 67.0 Å². The summed E-state index contributed by atoms with van der Waals surface area (Å²) < 4.78 is 0. The highest BCUT2D eigenvalue weighted by atomic mass is 31.0. The summed E-state index contributed by atoms with van der Waals surface area (Å²) in [6.07, 6.45) is 0.995. The smallest absolute Gasteiger partial charge is 0.0109 e. The van der Waals surface area contributed by atoms with Crippen LogP contribution in [0.25, 0.3) is 11.1 Å².